The molecule has 4 nitrogen and oxygen atoms in total. The third-order valence-corrected chi connectivity index (χ3v) is 3.16. The first kappa shape index (κ1) is 13.3. The first-order valence-electron chi connectivity index (χ1n) is 6.24. The second-order valence-electron chi connectivity index (χ2n) is 4.81. The van der Waals surface area contributed by atoms with E-state index in [1.807, 2.05) is 18.2 Å². The lowest BCUT2D eigenvalue weighted by Gasteiger charge is -2.12. The van der Waals surface area contributed by atoms with Crippen molar-refractivity contribution in [2.24, 2.45) is 7.05 Å². The van der Waals surface area contributed by atoms with E-state index in [9.17, 15) is 4.79 Å². The van der Waals surface area contributed by atoms with Crippen LogP contribution in [-0.2, 0) is 7.05 Å². The predicted octanol–water partition coefficient (Wildman–Crippen LogP) is 2.78. The van der Waals surface area contributed by atoms with E-state index in [0.29, 0.717) is 23.1 Å². The quantitative estimate of drug-likeness (QED) is 0.792. The fourth-order valence-corrected chi connectivity index (χ4v) is 1.97. The maximum absolute atomic E-state index is 12.5. The van der Waals surface area contributed by atoms with Crippen LogP contribution in [0.4, 0.5) is 0 Å². The van der Waals surface area contributed by atoms with Crippen molar-refractivity contribution in [3.63, 3.8) is 0 Å². The zero-order chi connectivity index (χ0) is 14.0. The Kier molecular flexibility index (Phi) is 3.69. The molecule has 0 unspecified atom stereocenters. The van der Waals surface area contributed by atoms with E-state index in [-0.39, 0.29) is 5.78 Å². The van der Waals surface area contributed by atoms with Crippen LogP contribution in [0.3, 0.4) is 0 Å². The zero-order valence-electron chi connectivity index (χ0n) is 11.7. The third-order valence-electron chi connectivity index (χ3n) is 3.16. The highest BCUT2D eigenvalue weighted by molar-refractivity contribution is 6.08. The van der Waals surface area contributed by atoms with Crippen LogP contribution >= 0.6 is 0 Å². The molecule has 2 aromatic rings. The highest BCUT2D eigenvalue weighted by atomic mass is 16.5. The molecule has 0 spiro atoms. The molecular formula is C15H18N2O2. The number of ketones is 1. The topological polar surface area (TPSA) is 44.1 Å². The molecule has 0 aliphatic rings. The summed E-state index contributed by atoms with van der Waals surface area (Å²) in [7, 11) is 3.37. The van der Waals surface area contributed by atoms with E-state index in [2.05, 4.69) is 18.8 Å². The Hall–Kier alpha value is -2.10. The van der Waals surface area contributed by atoms with Crippen molar-refractivity contribution in [2.75, 3.05) is 7.11 Å². The van der Waals surface area contributed by atoms with Gasteiger partial charge >= 0.3 is 0 Å². The van der Waals surface area contributed by atoms with E-state index in [1.54, 1.807) is 31.1 Å². The molecule has 1 aromatic heterocycles. The van der Waals surface area contributed by atoms with E-state index in [4.69, 9.17) is 4.74 Å². The summed E-state index contributed by atoms with van der Waals surface area (Å²) >= 11 is 0. The van der Waals surface area contributed by atoms with Gasteiger partial charge in [-0.3, -0.25) is 4.79 Å². The Morgan fingerprint density at radius 2 is 2.11 bits per heavy atom. The molecule has 1 heterocycles. The summed E-state index contributed by atoms with van der Waals surface area (Å²) in [5.41, 5.74) is 1.67. The SMILES string of the molecule is COc1ccc(C(C)C)cc1C(=O)c1nccn1C. The van der Waals surface area contributed by atoms with Gasteiger partial charge in [0.2, 0.25) is 5.78 Å². The molecule has 0 amide bonds. The third kappa shape index (κ3) is 2.52. The number of aromatic nitrogens is 2. The van der Waals surface area contributed by atoms with Gasteiger partial charge in [0.05, 0.1) is 12.7 Å². The van der Waals surface area contributed by atoms with Crippen molar-refractivity contribution in [3.05, 3.63) is 47.5 Å². The summed E-state index contributed by atoms with van der Waals surface area (Å²) in [5, 5.41) is 0. The largest absolute Gasteiger partial charge is 0.496 e. The van der Waals surface area contributed by atoms with Crippen molar-refractivity contribution in [3.8, 4) is 5.75 Å². The number of imidazole rings is 1. The average Bonchev–Trinajstić information content (AvgIpc) is 2.83. The lowest BCUT2D eigenvalue weighted by molar-refractivity contribution is 0.102. The minimum atomic E-state index is -0.119. The summed E-state index contributed by atoms with van der Waals surface area (Å²) in [6, 6.07) is 5.71. The highest BCUT2D eigenvalue weighted by Crippen LogP contribution is 2.25. The van der Waals surface area contributed by atoms with Crippen LogP contribution in [0.1, 0.15) is 41.5 Å². The van der Waals surface area contributed by atoms with Crippen molar-refractivity contribution >= 4 is 5.78 Å². The number of benzene rings is 1. The van der Waals surface area contributed by atoms with Crippen LogP contribution in [0.5, 0.6) is 5.75 Å². The minimum absolute atomic E-state index is 0.119. The number of aryl methyl sites for hydroxylation is 1. The molecule has 0 bridgehead atoms. The van der Waals surface area contributed by atoms with E-state index in [0.717, 1.165) is 5.56 Å². The van der Waals surface area contributed by atoms with Gasteiger partial charge in [-0.1, -0.05) is 19.9 Å². The highest BCUT2D eigenvalue weighted by Gasteiger charge is 2.19. The fraction of sp³-hybridized carbons (Fsp3) is 0.333. The van der Waals surface area contributed by atoms with Crippen molar-refractivity contribution in [1.82, 2.24) is 9.55 Å². The molecule has 0 saturated carbocycles. The Labute approximate surface area is 113 Å². The summed E-state index contributed by atoms with van der Waals surface area (Å²) in [4.78, 5) is 16.6. The summed E-state index contributed by atoms with van der Waals surface area (Å²) in [6.07, 6.45) is 3.37. The monoisotopic (exact) mass is 258 g/mol. The molecule has 0 saturated heterocycles. The van der Waals surface area contributed by atoms with E-state index >= 15 is 0 Å². The van der Waals surface area contributed by atoms with E-state index < -0.39 is 0 Å². The van der Waals surface area contributed by atoms with Crippen LogP contribution in [0.15, 0.2) is 30.6 Å². The molecule has 1 aromatic carbocycles. The Morgan fingerprint density at radius 1 is 1.37 bits per heavy atom. The number of rotatable bonds is 4. The van der Waals surface area contributed by atoms with Gasteiger partial charge in [-0.15, -0.1) is 0 Å². The Morgan fingerprint density at radius 3 is 2.63 bits per heavy atom. The molecular weight excluding hydrogens is 240 g/mol. The van der Waals surface area contributed by atoms with Gasteiger partial charge < -0.3 is 9.30 Å². The smallest absolute Gasteiger partial charge is 0.232 e. The molecule has 0 fully saturated rings. The maximum atomic E-state index is 12.5. The normalized spacial score (nSPS) is 10.8. The number of nitrogens with zero attached hydrogens (tertiary/aromatic N) is 2. The molecule has 100 valence electrons. The van der Waals surface area contributed by atoms with Gasteiger partial charge in [-0.05, 0) is 23.6 Å². The van der Waals surface area contributed by atoms with Crippen molar-refractivity contribution in [1.29, 1.82) is 0 Å². The first-order valence-corrected chi connectivity index (χ1v) is 6.24. The first-order chi connectivity index (χ1) is 9.04. The molecule has 0 aliphatic heterocycles. The lowest BCUT2D eigenvalue weighted by atomic mass is 9.98. The van der Waals surface area contributed by atoms with Crippen LogP contribution in [0, 0.1) is 0 Å². The van der Waals surface area contributed by atoms with Crippen LogP contribution in [0.25, 0.3) is 0 Å². The standard InChI is InChI=1S/C15H18N2O2/c1-10(2)11-5-6-13(19-4)12(9-11)14(18)15-16-7-8-17(15)3/h5-10H,1-4H3. The average molecular weight is 258 g/mol. The Balaban J connectivity index is 2.51. The maximum Gasteiger partial charge on any atom is 0.232 e. The van der Waals surface area contributed by atoms with Gasteiger partial charge in [0.1, 0.15) is 5.75 Å². The zero-order valence-corrected chi connectivity index (χ0v) is 11.7. The van der Waals surface area contributed by atoms with Crippen molar-refractivity contribution in [2.45, 2.75) is 19.8 Å². The van der Waals surface area contributed by atoms with Gasteiger partial charge in [0, 0.05) is 19.4 Å². The number of hydrogen-bond acceptors (Lipinski definition) is 3. The summed E-state index contributed by atoms with van der Waals surface area (Å²) in [5.74, 6) is 1.24. The second kappa shape index (κ2) is 5.26. The van der Waals surface area contributed by atoms with Crippen molar-refractivity contribution < 1.29 is 9.53 Å². The molecule has 0 aliphatic carbocycles. The summed E-state index contributed by atoms with van der Waals surface area (Å²) in [6.45, 7) is 4.19. The van der Waals surface area contributed by atoms with Gasteiger partial charge in [0.25, 0.3) is 0 Å². The molecule has 0 radical (unpaired) electrons. The number of carbonyl (C=O) groups excluding carboxylic acids is 1. The minimum Gasteiger partial charge on any atom is -0.496 e. The van der Waals surface area contributed by atoms with Gasteiger partial charge in [0.15, 0.2) is 5.82 Å². The molecule has 0 N–H and O–H groups in total. The second-order valence-corrected chi connectivity index (χ2v) is 4.81. The van der Waals surface area contributed by atoms with Crippen LogP contribution < -0.4 is 4.74 Å². The molecule has 19 heavy (non-hydrogen) atoms. The predicted molar refractivity (Wildman–Crippen MR) is 73.7 cm³/mol. The van der Waals surface area contributed by atoms with Crippen LogP contribution in [-0.4, -0.2) is 22.4 Å². The van der Waals surface area contributed by atoms with Gasteiger partial charge in [-0.2, -0.15) is 0 Å². The number of ether oxygens (including phenoxy) is 1. The Bertz CT molecular complexity index is 600. The molecule has 0 atom stereocenters. The molecule has 2 rings (SSSR count). The molecule has 4 heteroatoms. The number of carbonyl (C=O) groups is 1. The van der Waals surface area contributed by atoms with E-state index in [1.165, 1.54) is 0 Å². The summed E-state index contributed by atoms with van der Waals surface area (Å²) < 4.78 is 6.99. The lowest BCUT2D eigenvalue weighted by Crippen LogP contribution is -2.10. The van der Waals surface area contributed by atoms with Crippen LogP contribution in [0.2, 0.25) is 0 Å². The van der Waals surface area contributed by atoms with Gasteiger partial charge in [-0.25, -0.2) is 4.98 Å². The number of hydrogen-bond donors (Lipinski definition) is 0. The number of methoxy groups -OCH3 is 1. The fourth-order valence-electron chi connectivity index (χ4n) is 1.97.